The highest BCUT2D eigenvalue weighted by atomic mass is 32.1. The maximum atomic E-state index is 5.61. The normalized spacial score (nSPS) is 12.1. The second-order valence-electron chi connectivity index (χ2n) is 2.98. The van der Waals surface area contributed by atoms with Gasteiger partial charge in [0, 0.05) is 11.4 Å². The Morgan fingerprint density at radius 3 is 3.08 bits per heavy atom. The molecule has 1 aromatic heterocycles. The van der Waals surface area contributed by atoms with E-state index < -0.39 is 0 Å². The highest BCUT2D eigenvalue weighted by Crippen LogP contribution is 2.01. The Hall–Kier alpha value is -1.10. The van der Waals surface area contributed by atoms with Crippen molar-refractivity contribution in [2.45, 2.75) is 26.4 Å². The largest absolute Gasteiger partial charge is 0.370 e. The van der Waals surface area contributed by atoms with Gasteiger partial charge in [-0.1, -0.05) is 0 Å². The molecule has 1 heterocycles. The van der Waals surface area contributed by atoms with E-state index in [0.29, 0.717) is 18.5 Å². The van der Waals surface area contributed by atoms with E-state index in [1.165, 1.54) is 0 Å². The summed E-state index contributed by atoms with van der Waals surface area (Å²) in [5.41, 5.74) is 8.35. The number of nitrogens with one attached hydrogen (secondary N) is 1. The lowest BCUT2D eigenvalue weighted by molar-refractivity contribution is 0.723. The molecule has 0 amide bonds. The third-order valence-electron chi connectivity index (χ3n) is 1.33. The number of thiazole rings is 1. The summed E-state index contributed by atoms with van der Waals surface area (Å²) in [6.45, 7) is 4.59. The summed E-state index contributed by atoms with van der Waals surface area (Å²) in [5.74, 6) is 0.475. The van der Waals surface area contributed by atoms with E-state index in [9.17, 15) is 0 Å². The van der Waals surface area contributed by atoms with Crippen LogP contribution in [0.4, 0.5) is 0 Å². The number of hydrogen-bond acceptors (Lipinski definition) is 3. The molecule has 13 heavy (non-hydrogen) atoms. The van der Waals surface area contributed by atoms with Crippen LogP contribution in [0.1, 0.15) is 19.5 Å². The number of rotatable bonds is 3. The zero-order chi connectivity index (χ0) is 9.68. The van der Waals surface area contributed by atoms with Crippen molar-refractivity contribution < 1.29 is 0 Å². The van der Waals surface area contributed by atoms with Crippen molar-refractivity contribution in [2.24, 2.45) is 10.7 Å². The van der Waals surface area contributed by atoms with Crippen LogP contribution in [0.25, 0.3) is 0 Å². The van der Waals surface area contributed by atoms with Gasteiger partial charge in [-0.3, -0.25) is 0 Å². The molecule has 1 rings (SSSR count). The maximum Gasteiger partial charge on any atom is 0.189 e. The molecular formula is C8H14N4S. The van der Waals surface area contributed by atoms with Crippen molar-refractivity contribution in [1.29, 1.82) is 0 Å². The van der Waals surface area contributed by atoms with Gasteiger partial charge in [0.15, 0.2) is 5.96 Å². The second kappa shape index (κ2) is 4.81. The number of guanidine groups is 1. The molecule has 1 aromatic rings. The minimum Gasteiger partial charge on any atom is -0.370 e. The van der Waals surface area contributed by atoms with Crippen LogP contribution in [-0.4, -0.2) is 17.0 Å². The van der Waals surface area contributed by atoms with Crippen molar-refractivity contribution in [1.82, 2.24) is 10.3 Å². The minimum absolute atomic E-state index is 0.319. The fourth-order valence-corrected chi connectivity index (χ4v) is 1.37. The fourth-order valence-electron chi connectivity index (χ4n) is 0.823. The number of nitrogens with two attached hydrogens (primary N) is 1. The minimum atomic E-state index is 0.319. The van der Waals surface area contributed by atoms with Crippen LogP contribution in [0.2, 0.25) is 0 Å². The Labute approximate surface area is 81.9 Å². The first-order valence-electron chi connectivity index (χ1n) is 4.12. The number of hydrogen-bond donors (Lipinski definition) is 2. The monoisotopic (exact) mass is 198 g/mol. The van der Waals surface area contributed by atoms with Gasteiger partial charge >= 0.3 is 0 Å². The topological polar surface area (TPSA) is 63.3 Å². The predicted molar refractivity (Wildman–Crippen MR) is 55.7 cm³/mol. The average Bonchev–Trinajstić information content (AvgIpc) is 2.51. The first kappa shape index (κ1) is 9.98. The third-order valence-corrected chi connectivity index (χ3v) is 1.97. The molecule has 0 saturated heterocycles. The fraction of sp³-hybridized carbons (Fsp3) is 0.500. The van der Waals surface area contributed by atoms with Gasteiger partial charge in [-0.2, -0.15) is 0 Å². The van der Waals surface area contributed by atoms with Gasteiger partial charge in [0.1, 0.15) is 0 Å². The molecule has 0 fully saturated rings. The lowest BCUT2D eigenvalue weighted by Gasteiger charge is -2.07. The summed E-state index contributed by atoms with van der Waals surface area (Å²) in [6.07, 6.45) is 0. The molecule has 0 aliphatic rings. The highest BCUT2D eigenvalue weighted by molar-refractivity contribution is 7.07. The van der Waals surface area contributed by atoms with Crippen LogP contribution in [0.3, 0.4) is 0 Å². The van der Waals surface area contributed by atoms with Gasteiger partial charge in [0.2, 0.25) is 0 Å². The summed E-state index contributed by atoms with van der Waals surface area (Å²) < 4.78 is 0. The first-order valence-corrected chi connectivity index (χ1v) is 5.06. The van der Waals surface area contributed by atoms with Gasteiger partial charge in [-0.05, 0) is 13.8 Å². The molecule has 0 spiro atoms. The smallest absolute Gasteiger partial charge is 0.189 e. The molecule has 0 aromatic carbocycles. The molecule has 0 bridgehead atoms. The van der Waals surface area contributed by atoms with Crippen molar-refractivity contribution >= 4 is 17.3 Å². The van der Waals surface area contributed by atoms with Gasteiger partial charge in [-0.15, -0.1) is 11.3 Å². The molecule has 0 unspecified atom stereocenters. The van der Waals surface area contributed by atoms with Crippen LogP contribution in [-0.2, 0) is 6.54 Å². The van der Waals surface area contributed by atoms with E-state index in [4.69, 9.17) is 5.73 Å². The van der Waals surface area contributed by atoms with Gasteiger partial charge in [0.25, 0.3) is 0 Å². The van der Waals surface area contributed by atoms with Crippen molar-refractivity contribution in [3.05, 3.63) is 16.6 Å². The Morgan fingerprint density at radius 2 is 2.54 bits per heavy atom. The van der Waals surface area contributed by atoms with Gasteiger partial charge in [0.05, 0.1) is 17.7 Å². The summed E-state index contributed by atoms with van der Waals surface area (Å²) in [5, 5.41) is 4.97. The Bertz CT molecular complexity index is 266. The van der Waals surface area contributed by atoms with E-state index in [1.807, 2.05) is 19.2 Å². The number of nitrogens with zero attached hydrogens (tertiary/aromatic N) is 2. The lowest BCUT2D eigenvalue weighted by atomic mass is 10.4. The Balaban J connectivity index is 2.39. The van der Waals surface area contributed by atoms with Crippen molar-refractivity contribution in [2.75, 3.05) is 0 Å². The standard InChI is InChI=1S/C8H14N4S/c1-6(2)12-8(9)10-3-7-4-13-5-11-7/h4-6H,3H2,1-2H3,(H3,9,10,12). The van der Waals surface area contributed by atoms with Crippen molar-refractivity contribution in [3.8, 4) is 0 Å². The molecule has 0 aliphatic carbocycles. The zero-order valence-corrected chi connectivity index (χ0v) is 8.64. The molecule has 0 aliphatic heterocycles. The summed E-state index contributed by atoms with van der Waals surface area (Å²) >= 11 is 1.56. The third kappa shape index (κ3) is 3.89. The Kier molecular flexibility index (Phi) is 3.70. The van der Waals surface area contributed by atoms with Crippen LogP contribution < -0.4 is 11.1 Å². The summed E-state index contributed by atoms with van der Waals surface area (Å²) in [6, 6.07) is 0.319. The molecule has 0 saturated carbocycles. The van der Waals surface area contributed by atoms with Crippen LogP contribution in [0.15, 0.2) is 15.9 Å². The summed E-state index contributed by atoms with van der Waals surface area (Å²) in [7, 11) is 0. The number of aliphatic imine (C=N–C) groups is 1. The second-order valence-corrected chi connectivity index (χ2v) is 3.70. The van der Waals surface area contributed by atoms with Gasteiger partial charge in [-0.25, -0.2) is 9.98 Å². The van der Waals surface area contributed by atoms with Gasteiger partial charge < -0.3 is 11.1 Å². The molecule has 4 nitrogen and oxygen atoms in total. The Morgan fingerprint density at radius 1 is 1.77 bits per heavy atom. The van der Waals surface area contributed by atoms with E-state index >= 15 is 0 Å². The molecule has 0 radical (unpaired) electrons. The molecule has 3 N–H and O–H groups in total. The average molecular weight is 198 g/mol. The molecular weight excluding hydrogens is 184 g/mol. The van der Waals surface area contributed by atoms with Crippen LogP contribution in [0, 0.1) is 0 Å². The summed E-state index contributed by atoms with van der Waals surface area (Å²) in [4.78, 5) is 8.23. The van der Waals surface area contributed by atoms with E-state index in [2.05, 4.69) is 15.3 Å². The first-order chi connectivity index (χ1) is 6.18. The zero-order valence-electron chi connectivity index (χ0n) is 7.82. The SMILES string of the molecule is CC(C)NC(N)=NCc1cscn1. The molecule has 0 atom stereocenters. The molecule has 72 valence electrons. The quantitative estimate of drug-likeness (QED) is 0.561. The molecule has 5 heteroatoms. The van der Waals surface area contributed by atoms with E-state index in [0.717, 1.165) is 5.69 Å². The van der Waals surface area contributed by atoms with E-state index in [-0.39, 0.29) is 0 Å². The van der Waals surface area contributed by atoms with Crippen LogP contribution >= 0.6 is 11.3 Å². The highest BCUT2D eigenvalue weighted by Gasteiger charge is 1.96. The van der Waals surface area contributed by atoms with Crippen LogP contribution in [0.5, 0.6) is 0 Å². The predicted octanol–water partition coefficient (Wildman–Crippen LogP) is 0.956. The number of aromatic nitrogens is 1. The maximum absolute atomic E-state index is 5.61. The lowest BCUT2D eigenvalue weighted by Crippen LogP contribution is -2.36. The van der Waals surface area contributed by atoms with Crippen molar-refractivity contribution in [3.63, 3.8) is 0 Å². The van der Waals surface area contributed by atoms with E-state index in [1.54, 1.807) is 16.8 Å².